The normalized spacial score (nSPS) is 12.3. The Morgan fingerprint density at radius 1 is 1.00 bits per heavy atom. The maximum atomic E-state index is 13.3. The highest BCUT2D eigenvalue weighted by atomic mass is 16.7. The van der Waals surface area contributed by atoms with Gasteiger partial charge in [-0.2, -0.15) is 0 Å². The molecule has 168 valence electrons. The molecule has 2 amide bonds. The zero-order valence-electron chi connectivity index (χ0n) is 18.8. The lowest BCUT2D eigenvalue weighted by atomic mass is 10.1. The molecule has 31 heavy (non-hydrogen) atoms. The fraction of sp³-hybridized carbons (Fsp3) is 0.500. The molecule has 7 nitrogen and oxygen atoms in total. The van der Waals surface area contributed by atoms with Crippen LogP contribution in [0.3, 0.4) is 0 Å². The molecule has 1 aromatic heterocycles. The molecule has 1 aromatic carbocycles. The van der Waals surface area contributed by atoms with Crippen molar-refractivity contribution in [3.8, 4) is 11.5 Å². The Morgan fingerprint density at radius 3 is 2.45 bits per heavy atom. The van der Waals surface area contributed by atoms with Crippen molar-refractivity contribution in [2.24, 2.45) is 5.92 Å². The molecule has 3 rings (SSSR count). The van der Waals surface area contributed by atoms with Crippen LogP contribution in [0, 0.1) is 12.8 Å². The predicted molar refractivity (Wildman–Crippen MR) is 117 cm³/mol. The number of ether oxygens (including phenoxy) is 2. The molecule has 2 aromatic rings. The van der Waals surface area contributed by atoms with Gasteiger partial charge in [-0.1, -0.05) is 26.8 Å². The maximum absolute atomic E-state index is 13.3. The van der Waals surface area contributed by atoms with Crippen LogP contribution >= 0.6 is 0 Å². The molecule has 0 fully saturated rings. The van der Waals surface area contributed by atoms with E-state index in [-0.39, 0.29) is 31.1 Å². The Morgan fingerprint density at radius 2 is 1.77 bits per heavy atom. The van der Waals surface area contributed by atoms with Crippen LogP contribution in [0.5, 0.6) is 11.5 Å². The van der Waals surface area contributed by atoms with Crippen molar-refractivity contribution in [1.82, 2.24) is 9.80 Å². The first-order chi connectivity index (χ1) is 14.9. The molecule has 0 saturated carbocycles. The standard InChI is InChI=1S/C24H32N2O5/c1-5-10-25(23(27)11-17(2)3)15-24(28)26(14-20-8-6-18(4)31-20)13-19-7-9-21-22(12-19)30-16-29-21/h6-9,12,17H,5,10-11,13-16H2,1-4H3. The molecular weight excluding hydrogens is 396 g/mol. The summed E-state index contributed by atoms with van der Waals surface area (Å²) in [4.78, 5) is 29.4. The molecule has 0 spiro atoms. The van der Waals surface area contributed by atoms with Crippen molar-refractivity contribution in [1.29, 1.82) is 0 Å². The Labute approximate surface area is 183 Å². The Bertz CT molecular complexity index is 905. The van der Waals surface area contributed by atoms with Crippen LogP contribution in [-0.2, 0) is 22.7 Å². The molecular formula is C24H32N2O5. The zero-order chi connectivity index (χ0) is 22.4. The molecule has 0 saturated heterocycles. The monoisotopic (exact) mass is 428 g/mol. The van der Waals surface area contributed by atoms with Crippen LogP contribution in [-0.4, -0.2) is 41.5 Å². The third-order valence-corrected chi connectivity index (χ3v) is 5.06. The van der Waals surface area contributed by atoms with Gasteiger partial charge in [0, 0.05) is 19.5 Å². The van der Waals surface area contributed by atoms with E-state index in [2.05, 4.69) is 0 Å². The molecule has 0 bridgehead atoms. The van der Waals surface area contributed by atoms with Gasteiger partial charge in [0.05, 0.1) is 13.1 Å². The van der Waals surface area contributed by atoms with Gasteiger partial charge in [-0.05, 0) is 49.1 Å². The summed E-state index contributed by atoms with van der Waals surface area (Å²) in [5, 5.41) is 0. The number of hydrogen-bond donors (Lipinski definition) is 0. The molecule has 0 radical (unpaired) electrons. The molecule has 7 heteroatoms. The Hall–Kier alpha value is -2.96. The fourth-order valence-electron chi connectivity index (χ4n) is 3.55. The summed E-state index contributed by atoms with van der Waals surface area (Å²) in [7, 11) is 0. The fourth-order valence-corrected chi connectivity index (χ4v) is 3.55. The second kappa shape index (κ2) is 10.4. The number of carbonyl (C=O) groups is 2. The molecule has 0 unspecified atom stereocenters. The zero-order valence-corrected chi connectivity index (χ0v) is 18.8. The largest absolute Gasteiger partial charge is 0.464 e. The van der Waals surface area contributed by atoms with Crippen LogP contribution < -0.4 is 9.47 Å². The van der Waals surface area contributed by atoms with Crippen molar-refractivity contribution in [2.45, 2.75) is 53.6 Å². The highest BCUT2D eigenvalue weighted by Crippen LogP contribution is 2.33. The van der Waals surface area contributed by atoms with Crippen LogP contribution in [0.1, 0.15) is 50.7 Å². The summed E-state index contributed by atoms with van der Waals surface area (Å²) in [5.74, 6) is 3.04. The summed E-state index contributed by atoms with van der Waals surface area (Å²) in [6.07, 6.45) is 1.24. The highest BCUT2D eigenvalue weighted by molar-refractivity contribution is 5.85. The van der Waals surface area contributed by atoms with Gasteiger partial charge in [0.25, 0.3) is 0 Å². The van der Waals surface area contributed by atoms with Crippen molar-refractivity contribution < 1.29 is 23.5 Å². The minimum absolute atomic E-state index is 0.0158. The lowest BCUT2D eigenvalue weighted by molar-refractivity contribution is -0.141. The van der Waals surface area contributed by atoms with Crippen molar-refractivity contribution in [3.05, 3.63) is 47.4 Å². The van der Waals surface area contributed by atoms with Gasteiger partial charge in [-0.25, -0.2) is 0 Å². The summed E-state index contributed by atoms with van der Waals surface area (Å²) >= 11 is 0. The van der Waals surface area contributed by atoms with E-state index in [0.29, 0.717) is 43.3 Å². The molecule has 0 aliphatic carbocycles. The lowest BCUT2D eigenvalue weighted by Crippen LogP contribution is -2.43. The third kappa shape index (κ3) is 6.26. The molecule has 1 aliphatic rings. The van der Waals surface area contributed by atoms with Gasteiger partial charge in [0.15, 0.2) is 11.5 Å². The van der Waals surface area contributed by atoms with E-state index in [9.17, 15) is 9.59 Å². The summed E-state index contributed by atoms with van der Waals surface area (Å²) < 4.78 is 16.6. The molecule has 0 atom stereocenters. The SMILES string of the molecule is CCCN(CC(=O)N(Cc1ccc2c(c1)OCO2)Cc1ccc(C)o1)C(=O)CC(C)C. The Kier molecular flexibility index (Phi) is 7.60. The van der Waals surface area contributed by atoms with E-state index in [4.69, 9.17) is 13.9 Å². The first-order valence-corrected chi connectivity index (χ1v) is 10.8. The summed E-state index contributed by atoms with van der Waals surface area (Å²) in [6.45, 7) is 9.45. The Balaban J connectivity index is 1.77. The van der Waals surface area contributed by atoms with E-state index in [1.165, 1.54) is 0 Å². The number of carbonyl (C=O) groups excluding carboxylic acids is 2. The van der Waals surface area contributed by atoms with E-state index < -0.39 is 0 Å². The number of amides is 2. The quantitative estimate of drug-likeness (QED) is 0.569. The van der Waals surface area contributed by atoms with Crippen LogP contribution in [0.15, 0.2) is 34.7 Å². The minimum atomic E-state index is -0.114. The van der Waals surface area contributed by atoms with Crippen LogP contribution in [0.25, 0.3) is 0 Å². The van der Waals surface area contributed by atoms with E-state index in [1.54, 1.807) is 9.80 Å². The van der Waals surface area contributed by atoms with Gasteiger partial charge in [-0.3, -0.25) is 9.59 Å². The van der Waals surface area contributed by atoms with Crippen LogP contribution in [0.4, 0.5) is 0 Å². The smallest absolute Gasteiger partial charge is 0.242 e. The molecule has 1 aliphatic heterocycles. The number of benzene rings is 1. The molecule has 2 heterocycles. The number of aryl methyl sites for hydroxylation is 1. The average Bonchev–Trinajstić information content (AvgIpc) is 3.34. The first kappa shape index (κ1) is 22.7. The maximum Gasteiger partial charge on any atom is 0.242 e. The molecule has 0 N–H and O–H groups in total. The van der Waals surface area contributed by atoms with Crippen molar-refractivity contribution in [2.75, 3.05) is 19.9 Å². The van der Waals surface area contributed by atoms with Crippen LogP contribution in [0.2, 0.25) is 0 Å². The number of furan rings is 1. The lowest BCUT2D eigenvalue weighted by Gasteiger charge is -2.27. The number of nitrogens with zero attached hydrogens (tertiary/aromatic N) is 2. The number of rotatable bonds is 10. The summed E-state index contributed by atoms with van der Waals surface area (Å²) in [6, 6.07) is 9.43. The second-order valence-corrected chi connectivity index (χ2v) is 8.36. The van der Waals surface area contributed by atoms with E-state index in [1.807, 2.05) is 58.0 Å². The van der Waals surface area contributed by atoms with Gasteiger partial charge >= 0.3 is 0 Å². The predicted octanol–water partition coefficient (Wildman–Crippen LogP) is 4.13. The highest BCUT2D eigenvalue weighted by Gasteiger charge is 2.23. The summed E-state index contributed by atoms with van der Waals surface area (Å²) in [5.41, 5.74) is 0.927. The first-order valence-electron chi connectivity index (χ1n) is 10.8. The van der Waals surface area contributed by atoms with Gasteiger partial charge < -0.3 is 23.7 Å². The minimum Gasteiger partial charge on any atom is -0.464 e. The van der Waals surface area contributed by atoms with Gasteiger partial charge in [0.2, 0.25) is 18.6 Å². The third-order valence-electron chi connectivity index (χ3n) is 5.06. The second-order valence-electron chi connectivity index (χ2n) is 8.36. The topological polar surface area (TPSA) is 72.2 Å². The van der Waals surface area contributed by atoms with Crippen molar-refractivity contribution in [3.63, 3.8) is 0 Å². The van der Waals surface area contributed by atoms with E-state index in [0.717, 1.165) is 17.7 Å². The van der Waals surface area contributed by atoms with Gasteiger partial charge in [0.1, 0.15) is 11.5 Å². The van der Waals surface area contributed by atoms with E-state index >= 15 is 0 Å². The number of hydrogen-bond acceptors (Lipinski definition) is 5. The van der Waals surface area contributed by atoms with Crippen molar-refractivity contribution >= 4 is 11.8 Å². The number of fused-ring (bicyclic) bond motifs is 1. The van der Waals surface area contributed by atoms with Gasteiger partial charge in [-0.15, -0.1) is 0 Å². The average molecular weight is 429 g/mol.